The Bertz CT molecular complexity index is 990. The van der Waals surface area contributed by atoms with Crippen LogP contribution in [0.25, 0.3) is 0 Å². The van der Waals surface area contributed by atoms with E-state index in [0.29, 0.717) is 30.0 Å². The SMILES string of the molecule is Cc1cc(C(=O)OC(C)(C)C)c(NC(=O)NCc2c(C(F)(F)F)sc3c2CCNC3)s1. The number of amides is 2. The molecule has 0 bridgehead atoms. The van der Waals surface area contributed by atoms with Crippen molar-refractivity contribution < 1.29 is 27.5 Å². The smallest absolute Gasteiger partial charge is 0.425 e. The van der Waals surface area contributed by atoms with Gasteiger partial charge in [-0.2, -0.15) is 13.2 Å². The number of aryl methyl sites for hydroxylation is 1. The predicted molar refractivity (Wildman–Crippen MR) is 115 cm³/mol. The van der Waals surface area contributed by atoms with Crippen molar-refractivity contribution in [3.05, 3.63) is 37.4 Å². The molecule has 2 aromatic rings. The minimum Gasteiger partial charge on any atom is -0.456 e. The van der Waals surface area contributed by atoms with E-state index in [0.717, 1.165) is 16.2 Å². The second kappa shape index (κ2) is 8.79. The third-order valence-electron chi connectivity index (χ3n) is 4.42. The van der Waals surface area contributed by atoms with E-state index >= 15 is 0 Å². The first kappa shape index (κ1) is 23.6. The van der Waals surface area contributed by atoms with Crippen molar-refractivity contribution in [3.8, 4) is 0 Å². The van der Waals surface area contributed by atoms with Gasteiger partial charge in [-0.05, 0) is 57.9 Å². The molecule has 2 amide bonds. The summed E-state index contributed by atoms with van der Waals surface area (Å²) in [5.41, 5.74) is 0.270. The van der Waals surface area contributed by atoms with Crippen molar-refractivity contribution in [2.75, 3.05) is 11.9 Å². The average molecular weight is 476 g/mol. The topological polar surface area (TPSA) is 79.5 Å². The fraction of sp³-hybridized carbons (Fsp3) is 0.500. The van der Waals surface area contributed by atoms with E-state index < -0.39 is 28.7 Å². The molecule has 0 saturated heterocycles. The summed E-state index contributed by atoms with van der Waals surface area (Å²) in [4.78, 5) is 25.6. The van der Waals surface area contributed by atoms with Gasteiger partial charge in [0.15, 0.2) is 0 Å². The Morgan fingerprint density at radius 2 is 1.94 bits per heavy atom. The lowest BCUT2D eigenvalue weighted by Gasteiger charge is -2.19. The largest absolute Gasteiger partial charge is 0.456 e. The van der Waals surface area contributed by atoms with Crippen LogP contribution >= 0.6 is 22.7 Å². The Kier molecular flexibility index (Phi) is 6.68. The number of anilines is 1. The third kappa shape index (κ3) is 5.78. The van der Waals surface area contributed by atoms with Crippen LogP contribution in [-0.2, 0) is 30.4 Å². The highest BCUT2D eigenvalue weighted by Gasteiger charge is 2.38. The molecule has 3 rings (SSSR count). The summed E-state index contributed by atoms with van der Waals surface area (Å²) in [7, 11) is 0. The molecule has 170 valence electrons. The van der Waals surface area contributed by atoms with E-state index in [4.69, 9.17) is 4.74 Å². The molecule has 1 aliphatic heterocycles. The van der Waals surface area contributed by atoms with Gasteiger partial charge in [-0.1, -0.05) is 0 Å². The number of halogens is 3. The maximum Gasteiger partial charge on any atom is 0.425 e. The van der Waals surface area contributed by atoms with Crippen LogP contribution in [0.5, 0.6) is 0 Å². The molecular formula is C20H24F3N3O3S2. The van der Waals surface area contributed by atoms with Crippen molar-refractivity contribution in [3.63, 3.8) is 0 Å². The summed E-state index contributed by atoms with van der Waals surface area (Å²) in [6.07, 6.45) is -4.00. The molecule has 0 aliphatic carbocycles. The number of carbonyl (C=O) groups is 2. The Labute approximate surface area is 186 Å². The molecule has 0 fully saturated rings. The van der Waals surface area contributed by atoms with Gasteiger partial charge in [0.1, 0.15) is 15.5 Å². The zero-order valence-electron chi connectivity index (χ0n) is 17.6. The molecule has 31 heavy (non-hydrogen) atoms. The van der Waals surface area contributed by atoms with Crippen molar-refractivity contribution >= 4 is 39.7 Å². The van der Waals surface area contributed by atoms with Gasteiger partial charge in [0.2, 0.25) is 0 Å². The number of rotatable bonds is 4. The van der Waals surface area contributed by atoms with Crippen molar-refractivity contribution in [2.24, 2.45) is 0 Å². The molecule has 1 aliphatic rings. The zero-order valence-corrected chi connectivity index (χ0v) is 19.2. The van der Waals surface area contributed by atoms with Gasteiger partial charge in [-0.15, -0.1) is 22.7 Å². The highest BCUT2D eigenvalue weighted by atomic mass is 32.1. The van der Waals surface area contributed by atoms with Gasteiger partial charge in [-0.3, -0.25) is 5.32 Å². The number of nitrogens with one attached hydrogen (secondary N) is 3. The average Bonchev–Trinajstić information content (AvgIpc) is 3.19. The predicted octanol–water partition coefficient (Wildman–Crippen LogP) is 5.06. The minimum absolute atomic E-state index is 0.110. The maximum atomic E-state index is 13.5. The van der Waals surface area contributed by atoms with E-state index in [2.05, 4.69) is 16.0 Å². The van der Waals surface area contributed by atoms with Crippen LogP contribution in [0.3, 0.4) is 0 Å². The Balaban J connectivity index is 1.74. The number of fused-ring (bicyclic) bond motifs is 1. The third-order valence-corrected chi connectivity index (χ3v) is 6.71. The maximum absolute atomic E-state index is 13.5. The minimum atomic E-state index is -4.48. The number of hydrogen-bond donors (Lipinski definition) is 3. The van der Waals surface area contributed by atoms with Crippen LogP contribution in [0.1, 0.15) is 56.9 Å². The number of alkyl halides is 3. The van der Waals surface area contributed by atoms with E-state index in [-0.39, 0.29) is 22.7 Å². The van der Waals surface area contributed by atoms with Crippen LogP contribution in [0.15, 0.2) is 6.07 Å². The molecule has 0 saturated carbocycles. The summed E-state index contributed by atoms with van der Waals surface area (Å²) in [5.74, 6) is -0.578. The number of thiophene rings is 2. The van der Waals surface area contributed by atoms with Gasteiger partial charge in [-0.25, -0.2) is 9.59 Å². The lowest BCUT2D eigenvalue weighted by atomic mass is 10.0. The monoisotopic (exact) mass is 475 g/mol. The lowest BCUT2D eigenvalue weighted by molar-refractivity contribution is -0.135. The number of ether oxygens (including phenoxy) is 1. The fourth-order valence-electron chi connectivity index (χ4n) is 3.22. The zero-order chi connectivity index (χ0) is 23.0. The molecule has 3 N–H and O–H groups in total. The second-order valence-corrected chi connectivity index (χ2v) is 10.5. The Morgan fingerprint density at radius 3 is 2.58 bits per heavy atom. The summed E-state index contributed by atoms with van der Waals surface area (Å²) in [6.45, 7) is 7.72. The summed E-state index contributed by atoms with van der Waals surface area (Å²) in [5, 5.41) is 8.44. The Morgan fingerprint density at radius 1 is 1.23 bits per heavy atom. The fourth-order valence-corrected chi connectivity index (χ4v) is 5.32. The molecule has 11 heteroatoms. The van der Waals surface area contributed by atoms with Crippen LogP contribution in [0, 0.1) is 6.92 Å². The first-order chi connectivity index (χ1) is 14.3. The molecule has 0 aromatic carbocycles. The first-order valence-electron chi connectivity index (χ1n) is 9.65. The second-order valence-electron chi connectivity index (χ2n) is 8.15. The summed E-state index contributed by atoms with van der Waals surface area (Å²) < 4.78 is 45.9. The molecule has 0 atom stereocenters. The molecule has 2 aromatic heterocycles. The molecular weight excluding hydrogens is 451 g/mol. The van der Waals surface area contributed by atoms with Crippen LogP contribution in [0.2, 0.25) is 0 Å². The summed E-state index contributed by atoms with van der Waals surface area (Å²) in [6, 6.07) is 0.923. The van der Waals surface area contributed by atoms with Gasteiger partial charge >= 0.3 is 18.2 Å². The van der Waals surface area contributed by atoms with Crippen molar-refractivity contribution in [1.82, 2.24) is 10.6 Å². The first-order valence-corrected chi connectivity index (χ1v) is 11.3. The van der Waals surface area contributed by atoms with E-state index in [1.54, 1.807) is 33.8 Å². The van der Waals surface area contributed by atoms with E-state index in [1.165, 1.54) is 11.3 Å². The van der Waals surface area contributed by atoms with Crippen molar-refractivity contribution in [1.29, 1.82) is 0 Å². The van der Waals surface area contributed by atoms with Gasteiger partial charge in [0, 0.05) is 22.8 Å². The highest BCUT2D eigenvalue weighted by molar-refractivity contribution is 7.16. The van der Waals surface area contributed by atoms with Crippen LogP contribution in [-0.4, -0.2) is 24.1 Å². The van der Waals surface area contributed by atoms with E-state index in [1.807, 2.05) is 0 Å². The number of hydrogen-bond acceptors (Lipinski definition) is 6. The van der Waals surface area contributed by atoms with Gasteiger partial charge < -0.3 is 15.4 Å². The molecule has 0 radical (unpaired) electrons. The Hall–Kier alpha value is -2.11. The number of urea groups is 1. The quantitative estimate of drug-likeness (QED) is 0.540. The number of esters is 1. The molecule has 6 nitrogen and oxygen atoms in total. The normalized spacial score (nSPS) is 14.2. The molecule has 3 heterocycles. The van der Waals surface area contributed by atoms with Crippen molar-refractivity contribution in [2.45, 2.75) is 59.0 Å². The lowest BCUT2D eigenvalue weighted by Crippen LogP contribution is -2.30. The number of carbonyl (C=O) groups excluding carboxylic acids is 2. The van der Waals surface area contributed by atoms with Gasteiger partial charge in [0.25, 0.3) is 0 Å². The highest BCUT2D eigenvalue weighted by Crippen LogP contribution is 2.41. The van der Waals surface area contributed by atoms with Crippen LogP contribution in [0.4, 0.5) is 23.0 Å². The standard InChI is InChI=1S/C20H24F3N3O3S2/c1-10-7-12(17(27)29-19(2,3)4)16(30-10)26-18(28)25-8-13-11-5-6-24-9-14(11)31-15(13)20(21,22)23/h7,24H,5-6,8-9H2,1-4H3,(H2,25,26,28). The molecule has 0 unspecified atom stereocenters. The van der Waals surface area contributed by atoms with E-state index in [9.17, 15) is 22.8 Å². The van der Waals surface area contributed by atoms with Crippen LogP contribution < -0.4 is 16.0 Å². The van der Waals surface area contributed by atoms with Gasteiger partial charge in [0.05, 0.1) is 5.56 Å². The summed E-state index contributed by atoms with van der Waals surface area (Å²) >= 11 is 1.91. The molecule has 0 spiro atoms.